The minimum atomic E-state index is 0.357. The summed E-state index contributed by atoms with van der Waals surface area (Å²) in [6.45, 7) is 1.86. The summed E-state index contributed by atoms with van der Waals surface area (Å²) >= 11 is 6.44. The molecule has 0 radical (unpaired) electrons. The van der Waals surface area contributed by atoms with E-state index in [9.17, 15) is 4.21 Å². The van der Waals surface area contributed by atoms with Crippen LogP contribution in [0.15, 0.2) is 36.4 Å². The molecule has 2 aromatic carbocycles. The third-order valence-corrected chi connectivity index (χ3v) is 4.08. The normalized spacial score (nSPS) is 10.8. The molecule has 0 aliphatic carbocycles. The SMILES string of the molecule is Cc1cc(Cl)cc(C(=S=O)c2nc3ccccc3[nH]2)c1N. The van der Waals surface area contributed by atoms with Gasteiger partial charge in [-0.1, -0.05) is 23.7 Å². The van der Waals surface area contributed by atoms with E-state index in [0.717, 1.165) is 16.6 Å². The number of nitrogens with zero attached hydrogens (tertiary/aromatic N) is 1. The summed E-state index contributed by atoms with van der Waals surface area (Å²) in [5.74, 6) is 0.504. The van der Waals surface area contributed by atoms with Gasteiger partial charge < -0.3 is 10.7 Å². The average Bonchev–Trinajstić information content (AvgIpc) is 2.88. The highest BCUT2D eigenvalue weighted by atomic mass is 35.5. The zero-order chi connectivity index (χ0) is 15.0. The molecule has 0 aliphatic heterocycles. The average molecular weight is 318 g/mol. The van der Waals surface area contributed by atoms with Crippen LogP contribution in [-0.4, -0.2) is 19.0 Å². The first-order chi connectivity index (χ1) is 10.1. The van der Waals surface area contributed by atoms with E-state index in [1.807, 2.05) is 31.2 Å². The Hall–Kier alpha value is -2.11. The summed E-state index contributed by atoms with van der Waals surface area (Å²) in [5.41, 5.74) is 9.74. The lowest BCUT2D eigenvalue weighted by Gasteiger charge is -2.08. The van der Waals surface area contributed by atoms with Gasteiger partial charge in [-0.15, -0.1) is 0 Å². The molecule has 0 atom stereocenters. The maximum atomic E-state index is 11.6. The van der Waals surface area contributed by atoms with Crippen molar-refractivity contribution in [2.24, 2.45) is 0 Å². The second kappa shape index (κ2) is 5.35. The summed E-state index contributed by atoms with van der Waals surface area (Å²) < 4.78 is 11.6. The molecule has 0 aliphatic rings. The Labute approximate surface area is 130 Å². The number of nitrogen functional groups attached to an aromatic ring is 1. The first-order valence-corrected chi connectivity index (χ1v) is 7.40. The minimum Gasteiger partial charge on any atom is -0.398 e. The number of anilines is 1. The van der Waals surface area contributed by atoms with Crippen molar-refractivity contribution >= 4 is 44.4 Å². The molecule has 106 valence electrons. The molecule has 3 aromatic rings. The third-order valence-electron chi connectivity index (χ3n) is 3.28. The largest absolute Gasteiger partial charge is 0.398 e. The first kappa shape index (κ1) is 13.9. The number of nitrogens with one attached hydrogen (secondary N) is 1. The van der Waals surface area contributed by atoms with Gasteiger partial charge in [-0.25, -0.2) is 9.19 Å². The van der Waals surface area contributed by atoms with Crippen LogP contribution in [0.3, 0.4) is 0 Å². The molecule has 0 spiro atoms. The van der Waals surface area contributed by atoms with Gasteiger partial charge in [-0.2, -0.15) is 0 Å². The molecule has 0 amide bonds. The summed E-state index contributed by atoms with van der Waals surface area (Å²) in [7, 11) is 0. The Morgan fingerprint density at radius 1 is 1.33 bits per heavy atom. The predicted molar refractivity (Wildman–Crippen MR) is 88.0 cm³/mol. The Morgan fingerprint density at radius 3 is 2.81 bits per heavy atom. The van der Waals surface area contributed by atoms with Crippen molar-refractivity contribution in [2.45, 2.75) is 6.92 Å². The molecule has 21 heavy (non-hydrogen) atoms. The van der Waals surface area contributed by atoms with Crippen LogP contribution in [0.5, 0.6) is 0 Å². The second-order valence-corrected chi connectivity index (χ2v) is 5.71. The zero-order valence-electron chi connectivity index (χ0n) is 11.2. The van der Waals surface area contributed by atoms with Crippen molar-refractivity contribution in [2.75, 3.05) is 5.73 Å². The summed E-state index contributed by atoms with van der Waals surface area (Å²) in [6, 6.07) is 11.1. The highest BCUT2D eigenvalue weighted by Gasteiger charge is 2.16. The highest BCUT2D eigenvalue weighted by Crippen LogP contribution is 2.25. The monoisotopic (exact) mass is 317 g/mol. The molecular formula is C15H12ClN3OS. The van der Waals surface area contributed by atoms with Gasteiger partial charge >= 0.3 is 0 Å². The quantitative estimate of drug-likeness (QED) is 0.434. The number of aromatic amines is 1. The standard InChI is InChI=1S/C15H12ClN3OS/c1-8-6-9(16)7-10(13(8)17)14(21-20)15-18-11-4-2-3-5-12(11)19-15/h2-7H,17H2,1H3,(H,18,19). The molecule has 0 saturated carbocycles. The van der Waals surface area contributed by atoms with E-state index in [1.54, 1.807) is 12.1 Å². The zero-order valence-corrected chi connectivity index (χ0v) is 12.8. The fraction of sp³-hybridized carbons (Fsp3) is 0.0667. The number of aryl methyl sites for hydroxylation is 1. The van der Waals surface area contributed by atoms with Crippen molar-refractivity contribution in [3.8, 4) is 0 Å². The molecule has 1 aromatic heterocycles. The van der Waals surface area contributed by atoms with Crippen molar-refractivity contribution in [3.05, 3.63) is 58.4 Å². The topological polar surface area (TPSA) is 71.8 Å². The molecule has 3 rings (SSSR count). The third kappa shape index (κ3) is 2.46. The number of fused-ring (bicyclic) bond motifs is 1. The number of hydrogen-bond acceptors (Lipinski definition) is 3. The lowest BCUT2D eigenvalue weighted by Crippen LogP contribution is -2.09. The molecule has 0 saturated heterocycles. The van der Waals surface area contributed by atoms with Crippen LogP contribution in [0.4, 0.5) is 5.69 Å². The Morgan fingerprint density at radius 2 is 2.10 bits per heavy atom. The van der Waals surface area contributed by atoms with Crippen LogP contribution >= 0.6 is 11.6 Å². The van der Waals surface area contributed by atoms with Gasteiger partial charge in [-0.05, 0) is 36.8 Å². The van der Waals surface area contributed by atoms with Gasteiger partial charge in [0.05, 0.1) is 11.0 Å². The van der Waals surface area contributed by atoms with E-state index in [-0.39, 0.29) is 0 Å². The van der Waals surface area contributed by atoms with E-state index in [0.29, 0.717) is 38.2 Å². The predicted octanol–water partition coefficient (Wildman–Crippen LogP) is 2.89. The van der Waals surface area contributed by atoms with Crippen molar-refractivity contribution in [3.63, 3.8) is 0 Å². The number of halogens is 1. The summed E-state index contributed by atoms with van der Waals surface area (Å²) in [4.78, 5) is 8.03. The van der Waals surface area contributed by atoms with Gasteiger partial charge in [0, 0.05) is 16.3 Å². The minimum absolute atomic E-state index is 0.357. The lowest BCUT2D eigenvalue weighted by molar-refractivity contribution is 0.701. The van der Waals surface area contributed by atoms with Gasteiger partial charge in [0.2, 0.25) is 0 Å². The fourth-order valence-electron chi connectivity index (χ4n) is 2.21. The molecule has 4 nitrogen and oxygen atoms in total. The number of para-hydroxylation sites is 2. The van der Waals surface area contributed by atoms with Gasteiger partial charge in [-0.3, -0.25) is 0 Å². The molecule has 0 fully saturated rings. The number of H-pyrrole nitrogens is 1. The number of aromatic nitrogens is 2. The number of hydrogen-bond donors (Lipinski definition) is 2. The van der Waals surface area contributed by atoms with Crippen LogP contribution in [-0.2, 0) is 11.3 Å². The number of benzene rings is 2. The lowest BCUT2D eigenvalue weighted by atomic mass is 10.1. The smallest absolute Gasteiger partial charge is 0.152 e. The Balaban J connectivity index is 2.22. The van der Waals surface area contributed by atoms with Crippen molar-refractivity contribution in [1.29, 1.82) is 0 Å². The van der Waals surface area contributed by atoms with Crippen molar-refractivity contribution in [1.82, 2.24) is 9.97 Å². The first-order valence-electron chi connectivity index (χ1n) is 6.28. The van der Waals surface area contributed by atoms with Crippen LogP contribution in [0.2, 0.25) is 5.02 Å². The van der Waals surface area contributed by atoms with E-state index in [2.05, 4.69) is 9.97 Å². The van der Waals surface area contributed by atoms with Crippen LogP contribution in [0, 0.1) is 6.92 Å². The van der Waals surface area contributed by atoms with Gasteiger partial charge in [0.15, 0.2) is 5.82 Å². The molecule has 0 bridgehead atoms. The number of imidazole rings is 1. The van der Waals surface area contributed by atoms with E-state index in [4.69, 9.17) is 17.3 Å². The molecule has 1 heterocycles. The Kier molecular flexibility index (Phi) is 3.53. The van der Waals surface area contributed by atoms with Crippen LogP contribution < -0.4 is 5.73 Å². The maximum Gasteiger partial charge on any atom is 0.152 e. The Bertz CT molecular complexity index is 864. The molecule has 0 unspecified atom stereocenters. The van der Waals surface area contributed by atoms with E-state index < -0.39 is 0 Å². The maximum absolute atomic E-state index is 11.6. The van der Waals surface area contributed by atoms with Crippen LogP contribution in [0.1, 0.15) is 17.0 Å². The summed E-state index contributed by atoms with van der Waals surface area (Å²) in [5, 5.41) is 0.541. The van der Waals surface area contributed by atoms with E-state index in [1.165, 1.54) is 0 Å². The molecule has 6 heteroatoms. The molecular weight excluding hydrogens is 306 g/mol. The second-order valence-electron chi connectivity index (χ2n) is 4.70. The molecule has 3 N–H and O–H groups in total. The van der Waals surface area contributed by atoms with Gasteiger partial charge in [0.25, 0.3) is 0 Å². The number of rotatable bonds is 2. The number of nitrogens with two attached hydrogens (primary N) is 1. The highest BCUT2D eigenvalue weighted by molar-refractivity contribution is 7.67. The van der Waals surface area contributed by atoms with Crippen molar-refractivity contribution < 1.29 is 4.21 Å². The fourth-order valence-corrected chi connectivity index (χ4v) is 2.92. The van der Waals surface area contributed by atoms with Crippen LogP contribution in [0.25, 0.3) is 11.0 Å². The van der Waals surface area contributed by atoms with Gasteiger partial charge in [0.1, 0.15) is 16.1 Å². The van der Waals surface area contributed by atoms with E-state index >= 15 is 0 Å². The summed E-state index contributed by atoms with van der Waals surface area (Å²) in [6.07, 6.45) is 0.